The van der Waals surface area contributed by atoms with E-state index >= 15 is 0 Å². The first-order valence-electron chi connectivity index (χ1n) is 4.90. The second kappa shape index (κ2) is 2.72. The average Bonchev–Trinajstić information content (AvgIpc) is 2.03. The molecule has 66 valence electrons. The summed E-state index contributed by atoms with van der Waals surface area (Å²) in [5.41, 5.74) is 1.32. The van der Waals surface area contributed by atoms with Crippen LogP contribution in [0.1, 0.15) is 33.1 Å². The highest BCUT2D eigenvalue weighted by Gasteiger charge is 2.35. The summed E-state index contributed by atoms with van der Waals surface area (Å²) in [4.78, 5) is 11.5. The molecule has 0 aromatic carbocycles. The highest BCUT2D eigenvalue weighted by atomic mass is 16.1. The molecule has 0 N–H and O–H groups in total. The topological polar surface area (TPSA) is 17.1 Å². The molecule has 0 spiro atoms. The van der Waals surface area contributed by atoms with E-state index in [1.165, 1.54) is 18.4 Å². The van der Waals surface area contributed by atoms with Crippen LogP contribution >= 0.6 is 0 Å². The zero-order valence-electron chi connectivity index (χ0n) is 7.84. The lowest BCUT2D eigenvalue weighted by molar-refractivity contribution is -0.121. The summed E-state index contributed by atoms with van der Waals surface area (Å²) in [6, 6.07) is 0. The third-order valence-electron chi connectivity index (χ3n) is 3.58. The minimum absolute atomic E-state index is 0.354. The van der Waals surface area contributed by atoms with Crippen LogP contribution in [0.4, 0.5) is 0 Å². The maximum absolute atomic E-state index is 11.5. The molecule has 1 nitrogen and oxygen atoms in total. The number of ketones is 1. The fourth-order valence-electron chi connectivity index (χ4n) is 2.58. The zero-order valence-corrected chi connectivity index (χ0v) is 7.84. The van der Waals surface area contributed by atoms with E-state index in [1.54, 1.807) is 0 Å². The molecule has 1 saturated carbocycles. The summed E-state index contributed by atoms with van der Waals surface area (Å²) in [5.74, 6) is 2.09. The van der Waals surface area contributed by atoms with Crippen molar-refractivity contribution in [2.75, 3.05) is 0 Å². The van der Waals surface area contributed by atoms with Gasteiger partial charge in [-0.15, -0.1) is 0 Å². The lowest BCUT2D eigenvalue weighted by Crippen LogP contribution is -2.32. The van der Waals surface area contributed by atoms with Gasteiger partial charge in [0, 0.05) is 5.92 Å². The van der Waals surface area contributed by atoms with Gasteiger partial charge in [0.15, 0.2) is 5.78 Å². The van der Waals surface area contributed by atoms with Gasteiger partial charge in [0.2, 0.25) is 0 Å². The molecule has 0 radical (unpaired) electrons. The van der Waals surface area contributed by atoms with Gasteiger partial charge in [0.25, 0.3) is 0 Å². The summed E-state index contributed by atoms with van der Waals surface area (Å²) in [7, 11) is 0. The van der Waals surface area contributed by atoms with Crippen LogP contribution in [0.3, 0.4) is 0 Å². The maximum Gasteiger partial charge on any atom is 0.159 e. The fourth-order valence-corrected chi connectivity index (χ4v) is 2.58. The number of rotatable bonds is 0. The molecule has 0 aromatic rings. The molecule has 12 heavy (non-hydrogen) atoms. The van der Waals surface area contributed by atoms with Crippen molar-refractivity contribution in [2.45, 2.75) is 33.1 Å². The second-order valence-electron chi connectivity index (χ2n) is 4.38. The van der Waals surface area contributed by atoms with Crippen LogP contribution in [-0.2, 0) is 4.79 Å². The first-order chi connectivity index (χ1) is 5.68. The number of hydrogen-bond acceptors (Lipinski definition) is 1. The van der Waals surface area contributed by atoms with E-state index in [4.69, 9.17) is 0 Å². The fraction of sp³-hybridized carbons (Fsp3) is 0.727. The van der Waals surface area contributed by atoms with E-state index in [1.807, 2.05) is 6.08 Å². The highest BCUT2D eigenvalue weighted by molar-refractivity contribution is 5.93. The lowest BCUT2D eigenvalue weighted by Gasteiger charge is -2.36. The van der Waals surface area contributed by atoms with Crippen LogP contribution < -0.4 is 0 Å². The lowest BCUT2D eigenvalue weighted by atomic mass is 9.67. The molecule has 0 unspecified atom stereocenters. The van der Waals surface area contributed by atoms with Gasteiger partial charge in [-0.3, -0.25) is 4.79 Å². The molecule has 3 atom stereocenters. The summed E-state index contributed by atoms with van der Waals surface area (Å²) in [6.45, 7) is 4.32. The van der Waals surface area contributed by atoms with Gasteiger partial charge in [0.1, 0.15) is 0 Å². The van der Waals surface area contributed by atoms with Crippen molar-refractivity contribution in [1.29, 1.82) is 0 Å². The Kier molecular flexibility index (Phi) is 1.82. The monoisotopic (exact) mass is 164 g/mol. The molecule has 2 rings (SSSR count). The Labute approximate surface area is 73.8 Å². The molecule has 1 fully saturated rings. The third kappa shape index (κ3) is 1.12. The van der Waals surface area contributed by atoms with Crippen molar-refractivity contribution in [3.05, 3.63) is 11.6 Å². The predicted molar refractivity (Wildman–Crippen MR) is 48.8 cm³/mol. The Hall–Kier alpha value is -0.590. The zero-order chi connectivity index (χ0) is 8.72. The Balaban J connectivity index is 2.28. The highest BCUT2D eigenvalue weighted by Crippen LogP contribution is 2.41. The Bertz CT molecular complexity index is 239. The summed E-state index contributed by atoms with van der Waals surface area (Å²) in [6.07, 6.45) is 5.55. The molecule has 0 amide bonds. The van der Waals surface area contributed by atoms with Crippen molar-refractivity contribution in [1.82, 2.24) is 0 Å². The van der Waals surface area contributed by atoms with Crippen LogP contribution in [0.25, 0.3) is 0 Å². The molecule has 0 aliphatic heterocycles. The SMILES string of the molecule is CC1=CC(=O)[C@@H]2C[C@H]1CC[C@@H]2C. The second-order valence-corrected chi connectivity index (χ2v) is 4.38. The minimum atomic E-state index is 0.354. The van der Waals surface area contributed by atoms with E-state index in [0.717, 1.165) is 12.3 Å². The quantitative estimate of drug-likeness (QED) is 0.537. The van der Waals surface area contributed by atoms with Crippen LogP contribution in [0.2, 0.25) is 0 Å². The molecule has 0 aromatic heterocycles. The van der Waals surface area contributed by atoms with Crippen LogP contribution in [0.15, 0.2) is 11.6 Å². The van der Waals surface area contributed by atoms with E-state index in [9.17, 15) is 4.79 Å². The first-order valence-corrected chi connectivity index (χ1v) is 4.90. The van der Waals surface area contributed by atoms with Gasteiger partial charge in [-0.25, -0.2) is 0 Å². The number of carbonyl (C=O) groups excluding carboxylic acids is 1. The normalized spacial score (nSPS) is 41.0. The summed E-state index contributed by atoms with van der Waals surface area (Å²) >= 11 is 0. The molecule has 0 heterocycles. The first kappa shape index (κ1) is 8.03. The molecular formula is C11H16O. The number of carbonyl (C=O) groups is 1. The van der Waals surface area contributed by atoms with E-state index in [0.29, 0.717) is 17.6 Å². The van der Waals surface area contributed by atoms with Crippen molar-refractivity contribution in [3.63, 3.8) is 0 Å². The molecular weight excluding hydrogens is 148 g/mol. The number of hydrogen-bond donors (Lipinski definition) is 0. The van der Waals surface area contributed by atoms with Crippen LogP contribution in [0, 0.1) is 17.8 Å². The Morgan fingerprint density at radius 1 is 1.42 bits per heavy atom. The van der Waals surface area contributed by atoms with Gasteiger partial charge in [-0.2, -0.15) is 0 Å². The van der Waals surface area contributed by atoms with E-state index < -0.39 is 0 Å². The molecule has 0 saturated heterocycles. The average molecular weight is 164 g/mol. The Morgan fingerprint density at radius 3 is 2.92 bits per heavy atom. The summed E-state index contributed by atoms with van der Waals surface area (Å²) < 4.78 is 0. The predicted octanol–water partition coefficient (Wildman–Crippen LogP) is 2.57. The van der Waals surface area contributed by atoms with Gasteiger partial charge in [0.05, 0.1) is 0 Å². The van der Waals surface area contributed by atoms with Gasteiger partial charge < -0.3 is 0 Å². The van der Waals surface area contributed by atoms with Crippen molar-refractivity contribution in [3.8, 4) is 0 Å². The van der Waals surface area contributed by atoms with Crippen molar-refractivity contribution in [2.24, 2.45) is 17.8 Å². The standard InChI is InChI=1S/C11H16O/c1-7-3-4-9-6-10(7)11(12)5-8(9)2/h5,7,9-10H,3-4,6H2,1-2H3/t7-,9+,10+/m0/s1. The van der Waals surface area contributed by atoms with Crippen LogP contribution in [0.5, 0.6) is 0 Å². The number of fused-ring (bicyclic) bond motifs is 2. The Morgan fingerprint density at radius 2 is 2.17 bits per heavy atom. The van der Waals surface area contributed by atoms with Gasteiger partial charge in [-0.05, 0) is 44.1 Å². The van der Waals surface area contributed by atoms with Crippen molar-refractivity contribution < 1.29 is 4.79 Å². The largest absolute Gasteiger partial charge is 0.295 e. The molecule has 2 bridgehead atoms. The molecule has 2 aliphatic carbocycles. The third-order valence-corrected chi connectivity index (χ3v) is 3.58. The summed E-state index contributed by atoms with van der Waals surface area (Å²) in [5, 5.41) is 0. The number of allylic oxidation sites excluding steroid dienone is 2. The van der Waals surface area contributed by atoms with Gasteiger partial charge in [-0.1, -0.05) is 12.5 Å². The van der Waals surface area contributed by atoms with E-state index in [-0.39, 0.29) is 0 Å². The van der Waals surface area contributed by atoms with E-state index in [2.05, 4.69) is 13.8 Å². The van der Waals surface area contributed by atoms with Crippen molar-refractivity contribution >= 4 is 5.78 Å². The van der Waals surface area contributed by atoms with Crippen LogP contribution in [-0.4, -0.2) is 5.78 Å². The maximum atomic E-state index is 11.5. The molecule has 2 aliphatic rings. The van der Waals surface area contributed by atoms with Gasteiger partial charge >= 0.3 is 0 Å². The molecule has 1 heteroatoms. The minimum Gasteiger partial charge on any atom is -0.295 e. The smallest absolute Gasteiger partial charge is 0.159 e.